The van der Waals surface area contributed by atoms with Gasteiger partial charge in [-0.15, -0.1) is 0 Å². The molecule has 0 aromatic carbocycles. The van der Waals surface area contributed by atoms with Crippen LogP contribution in [0.3, 0.4) is 0 Å². The van der Waals surface area contributed by atoms with Crippen LogP contribution < -0.4 is 5.32 Å². The summed E-state index contributed by atoms with van der Waals surface area (Å²) in [6.07, 6.45) is 3.90. The van der Waals surface area contributed by atoms with Crippen molar-refractivity contribution in [1.82, 2.24) is 14.9 Å². The van der Waals surface area contributed by atoms with Crippen LogP contribution in [0.15, 0.2) is 12.4 Å². The van der Waals surface area contributed by atoms with Crippen LogP contribution >= 0.6 is 0 Å². The van der Waals surface area contributed by atoms with E-state index >= 15 is 0 Å². The van der Waals surface area contributed by atoms with E-state index in [2.05, 4.69) is 35.6 Å². The van der Waals surface area contributed by atoms with E-state index in [1.54, 1.807) is 0 Å². The molecule has 0 aliphatic heterocycles. The Morgan fingerprint density at radius 3 is 2.64 bits per heavy atom. The number of aryl methyl sites for hydroxylation is 1. The second-order valence-corrected chi connectivity index (χ2v) is 4.29. The van der Waals surface area contributed by atoms with Crippen molar-refractivity contribution in [2.75, 3.05) is 6.54 Å². The minimum atomic E-state index is 0.571. The topological polar surface area (TPSA) is 29.9 Å². The van der Waals surface area contributed by atoms with Crippen molar-refractivity contribution < 1.29 is 0 Å². The SMILES string of the molecule is Cc1nccn1CC(C)CNC(C)C. The third-order valence-electron chi connectivity index (χ3n) is 2.31. The Hall–Kier alpha value is -0.830. The number of hydrogen-bond acceptors (Lipinski definition) is 2. The van der Waals surface area contributed by atoms with Crippen LogP contribution in [0.2, 0.25) is 0 Å². The molecule has 0 saturated heterocycles. The number of nitrogens with zero attached hydrogens (tertiary/aromatic N) is 2. The van der Waals surface area contributed by atoms with E-state index in [4.69, 9.17) is 0 Å². The fourth-order valence-corrected chi connectivity index (χ4v) is 1.43. The molecule has 14 heavy (non-hydrogen) atoms. The van der Waals surface area contributed by atoms with Crippen LogP contribution in [0, 0.1) is 12.8 Å². The Bertz CT molecular complexity index is 265. The molecule has 1 unspecified atom stereocenters. The summed E-state index contributed by atoms with van der Waals surface area (Å²) in [5.74, 6) is 1.74. The van der Waals surface area contributed by atoms with E-state index in [0.29, 0.717) is 12.0 Å². The van der Waals surface area contributed by atoms with Gasteiger partial charge in [-0.05, 0) is 19.4 Å². The van der Waals surface area contributed by atoms with Crippen LogP contribution in [0.1, 0.15) is 26.6 Å². The molecule has 0 aliphatic carbocycles. The summed E-state index contributed by atoms with van der Waals surface area (Å²) in [4.78, 5) is 4.21. The van der Waals surface area contributed by atoms with E-state index in [-0.39, 0.29) is 0 Å². The first-order chi connectivity index (χ1) is 6.59. The highest BCUT2D eigenvalue weighted by atomic mass is 15.1. The molecule has 0 fully saturated rings. The summed E-state index contributed by atoms with van der Waals surface area (Å²) in [6, 6.07) is 0.571. The molecule has 0 bridgehead atoms. The van der Waals surface area contributed by atoms with E-state index in [1.807, 2.05) is 19.3 Å². The molecule has 80 valence electrons. The minimum absolute atomic E-state index is 0.571. The second-order valence-electron chi connectivity index (χ2n) is 4.29. The lowest BCUT2D eigenvalue weighted by Gasteiger charge is -2.16. The number of rotatable bonds is 5. The zero-order valence-electron chi connectivity index (χ0n) is 9.62. The number of imidazole rings is 1. The smallest absolute Gasteiger partial charge is 0.105 e. The van der Waals surface area contributed by atoms with E-state index in [1.165, 1.54) is 0 Å². The Balaban J connectivity index is 2.34. The summed E-state index contributed by atoms with van der Waals surface area (Å²) in [7, 11) is 0. The molecular formula is C11H21N3. The first kappa shape index (κ1) is 11.2. The summed E-state index contributed by atoms with van der Waals surface area (Å²) in [5.41, 5.74) is 0. The summed E-state index contributed by atoms with van der Waals surface area (Å²) >= 11 is 0. The molecule has 1 aromatic heterocycles. The summed E-state index contributed by atoms with van der Waals surface area (Å²) in [5, 5.41) is 3.44. The van der Waals surface area contributed by atoms with Crippen LogP contribution in [-0.4, -0.2) is 22.1 Å². The van der Waals surface area contributed by atoms with Gasteiger partial charge < -0.3 is 9.88 Å². The highest BCUT2D eigenvalue weighted by Crippen LogP contribution is 2.02. The molecular weight excluding hydrogens is 174 g/mol. The Morgan fingerprint density at radius 2 is 2.14 bits per heavy atom. The lowest BCUT2D eigenvalue weighted by Crippen LogP contribution is -2.29. The largest absolute Gasteiger partial charge is 0.335 e. The first-order valence-electron chi connectivity index (χ1n) is 5.30. The molecule has 1 rings (SSSR count). The lowest BCUT2D eigenvalue weighted by atomic mass is 10.1. The first-order valence-corrected chi connectivity index (χ1v) is 5.30. The van der Waals surface area contributed by atoms with Crippen molar-refractivity contribution in [3.63, 3.8) is 0 Å². The van der Waals surface area contributed by atoms with Gasteiger partial charge in [-0.2, -0.15) is 0 Å². The van der Waals surface area contributed by atoms with E-state index < -0.39 is 0 Å². The number of hydrogen-bond donors (Lipinski definition) is 1. The third-order valence-corrected chi connectivity index (χ3v) is 2.31. The molecule has 1 N–H and O–H groups in total. The quantitative estimate of drug-likeness (QED) is 0.776. The molecule has 3 heteroatoms. The normalized spacial score (nSPS) is 13.5. The minimum Gasteiger partial charge on any atom is -0.335 e. The molecule has 0 radical (unpaired) electrons. The Morgan fingerprint density at radius 1 is 1.43 bits per heavy atom. The molecule has 1 aromatic rings. The fraction of sp³-hybridized carbons (Fsp3) is 0.727. The zero-order chi connectivity index (χ0) is 10.6. The molecule has 3 nitrogen and oxygen atoms in total. The molecule has 0 aliphatic rings. The molecule has 1 heterocycles. The van der Waals surface area contributed by atoms with Gasteiger partial charge in [0.1, 0.15) is 5.82 Å². The fourth-order valence-electron chi connectivity index (χ4n) is 1.43. The maximum absolute atomic E-state index is 4.21. The van der Waals surface area contributed by atoms with Gasteiger partial charge in [0.15, 0.2) is 0 Å². The lowest BCUT2D eigenvalue weighted by molar-refractivity contribution is 0.422. The maximum atomic E-state index is 4.21. The van der Waals surface area contributed by atoms with Crippen molar-refractivity contribution in [3.8, 4) is 0 Å². The molecule has 0 amide bonds. The maximum Gasteiger partial charge on any atom is 0.105 e. The predicted octanol–water partition coefficient (Wildman–Crippen LogP) is 1.83. The standard InChI is InChI=1S/C11H21N3/c1-9(2)13-7-10(3)8-14-6-5-12-11(14)4/h5-6,9-10,13H,7-8H2,1-4H3. The van der Waals surface area contributed by atoms with Crippen LogP contribution in [0.4, 0.5) is 0 Å². The van der Waals surface area contributed by atoms with Crippen LogP contribution in [0.5, 0.6) is 0 Å². The molecule has 0 spiro atoms. The second kappa shape index (κ2) is 5.15. The van der Waals surface area contributed by atoms with Crippen molar-refractivity contribution in [3.05, 3.63) is 18.2 Å². The van der Waals surface area contributed by atoms with Gasteiger partial charge >= 0.3 is 0 Å². The summed E-state index contributed by atoms with van der Waals surface area (Å²) in [6.45, 7) is 10.8. The van der Waals surface area contributed by atoms with Gasteiger partial charge in [0.2, 0.25) is 0 Å². The highest BCUT2D eigenvalue weighted by Gasteiger charge is 2.05. The predicted molar refractivity (Wildman–Crippen MR) is 59.3 cm³/mol. The van der Waals surface area contributed by atoms with Crippen molar-refractivity contribution in [2.24, 2.45) is 5.92 Å². The van der Waals surface area contributed by atoms with E-state index in [0.717, 1.165) is 18.9 Å². The molecule has 1 atom stereocenters. The average molecular weight is 195 g/mol. The van der Waals surface area contributed by atoms with Gasteiger partial charge in [-0.1, -0.05) is 20.8 Å². The monoisotopic (exact) mass is 195 g/mol. The number of aromatic nitrogens is 2. The number of nitrogens with one attached hydrogen (secondary N) is 1. The van der Waals surface area contributed by atoms with Crippen molar-refractivity contribution in [2.45, 2.75) is 40.3 Å². The summed E-state index contributed by atoms with van der Waals surface area (Å²) < 4.78 is 2.20. The van der Waals surface area contributed by atoms with Crippen LogP contribution in [0.25, 0.3) is 0 Å². The van der Waals surface area contributed by atoms with Gasteiger partial charge in [0, 0.05) is 25.0 Å². The average Bonchev–Trinajstić information content (AvgIpc) is 2.49. The van der Waals surface area contributed by atoms with Crippen molar-refractivity contribution >= 4 is 0 Å². The van der Waals surface area contributed by atoms with Gasteiger partial charge in [0.25, 0.3) is 0 Å². The zero-order valence-corrected chi connectivity index (χ0v) is 9.62. The Kier molecular flexibility index (Phi) is 4.14. The van der Waals surface area contributed by atoms with Gasteiger partial charge in [-0.3, -0.25) is 0 Å². The highest BCUT2D eigenvalue weighted by molar-refractivity contribution is 4.88. The third kappa shape index (κ3) is 3.50. The van der Waals surface area contributed by atoms with Gasteiger partial charge in [0.05, 0.1) is 0 Å². The molecule has 0 saturated carbocycles. The van der Waals surface area contributed by atoms with Gasteiger partial charge in [-0.25, -0.2) is 4.98 Å². The van der Waals surface area contributed by atoms with E-state index in [9.17, 15) is 0 Å². The Labute approximate surface area is 86.5 Å². The van der Waals surface area contributed by atoms with Crippen molar-refractivity contribution in [1.29, 1.82) is 0 Å². The van der Waals surface area contributed by atoms with Crippen LogP contribution in [-0.2, 0) is 6.54 Å².